The van der Waals surface area contributed by atoms with Crippen LogP contribution in [0.25, 0.3) is 0 Å². The topological polar surface area (TPSA) is 65.5 Å². The molecule has 6 nitrogen and oxygen atoms in total. The van der Waals surface area contributed by atoms with Gasteiger partial charge in [0.2, 0.25) is 0 Å². The van der Waals surface area contributed by atoms with Gasteiger partial charge in [-0.05, 0) is 45.0 Å². The van der Waals surface area contributed by atoms with Gasteiger partial charge in [0.1, 0.15) is 11.2 Å². The van der Waals surface area contributed by atoms with Gasteiger partial charge in [0.05, 0.1) is 5.69 Å². The van der Waals surface area contributed by atoms with Gasteiger partial charge < -0.3 is 10.2 Å². The molecule has 3 heterocycles. The first-order valence-corrected chi connectivity index (χ1v) is 7.71. The van der Waals surface area contributed by atoms with E-state index in [1.807, 2.05) is 0 Å². The lowest BCUT2D eigenvalue weighted by Crippen LogP contribution is -2.55. The zero-order chi connectivity index (χ0) is 17.5. The molecule has 138 valence electrons. The van der Waals surface area contributed by atoms with Crippen LogP contribution in [0.1, 0.15) is 25.5 Å². The number of hydrogen-bond donors (Lipinski definition) is 1. The fourth-order valence-corrected chi connectivity index (χ4v) is 3.42. The van der Waals surface area contributed by atoms with Gasteiger partial charge in [-0.2, -0.15) is 13.2 Å². The van der Waals surface area contributed by atoms with Crippen molar-refractivity contribution in [1.29, 1.82) is 0 Å². The summed E-state index contributed by atoms with van der Waals surface area (Å²) in [6, 6.07) is 1.41. The van der Waals surface area contributed by atoms with Crippen molar-refractivity contribution in [3.63, 3.8) is 0 Å². The quantitative estimate of drug-likeness (QED) is 0.803. The molecule has 1 spiro atoms. The number of anilines is 1. The van der Waals surface area contributed by atoms with E-state index in [2.05, 4.69) is 10.3 Å². The highest BCUT2D eigenvalue weighted by Gasteiger charge is 2.57. The maximum atomic E-state index is 13.0. The molecule has 1 N–H and O–H groups in total. The number of carbonyl (C=O) groups excluding carboxylic acids is 2. The lowest BCUT2D eigenvalue weighted by Gasteiger charge is -2.37. The number of pyridine rings is 1. The second-order valence-electron chi connectivity index (χ2n) is 5.85. The van der Waals surface area contributed by atoms with E-state index in [1.165, 1.54) is 11.0 Å². The smallest absolute Gasteiger partial charge is 0.317 e. The Morgan fingerprint density at radius 1 is 1.28 bits per heavy atom. The number of halogens is 4. The second-order valence-corrected chi connectivity index (χ2v) is 5.85. The minimum Gasteiger partial charge on any atom is -0.317 e. The zero-order valence-electron chi connectivity index (χ0n) is 13.5. The second kappa shape index (κ2) is 6.80. The number of imide groups is 1. The minimum absolute atomic E-state index is 0. The van der Waals surface area contributed by atoms with E-state index in [0.29, 0.717) is 32.5 Å². The Morgan fingerprint density at radius 2 is 1.92 bits per heavy atom. The number of urea groups is 1. The van der Waals surface area contributed by atoms with E-state index in [9.17, 15) is 22.8 Å². The van der Waals surface area contributed by atoms with Crippen LogP contribution in [-0.2, 0) is 11.0 Å². The molecule has 2 aliphatic rings. The van der Waals surface area contributed by atoms with Crippen LogP contribution in [0.3, 0.4) is 0 Å². The summed E-state index contributed by atoms with van der Waals surface area (Å²) in [4.78, 5) is 31.2. The van der Waals surface area contributed by atoms with Crippen LogP contribution in [0, 0.1) is 0 Å². The van der Waals surface area contributed by atoms with Crippen LogP contribution < -0.4 is 10.2 Å². The van der Waals surface area contributed by atoms with Gasteiger partial charge in [0.25, 0.3) is 5.91 Å². The van der Waals surface area contributed by atoms with Crippen molar-refractivity contribution in [2.45, 2.75) is 31.5 Å². The summed E-state index contributed by atoms with van der Waals surface area (Å²) in [5.41, 5.74) is -2.20. The van der Waals surface area contributed by atoms with Crippen molar-refractivity contribution in [1.82, 2.24) is 15.2 Å². The van der Waals surface area contributed by atoms with Crippen LogP contribution in [-0.4, -0.2) is 47.0 Å². The first-order valence-electron chi connectivity index (χ1n) is 7.71. The molecule has 0 radical (unpaired) electrons. The van der Waals surface area contributed by atoms with E-state index in [0.717, 1.165) is 17.2 Å². The molecule has 1 aromatic heterocycles. The summed E-state index contributed by atoms with van der Waals surface area (Å²) in [5.74, 6) is -0.463. The molecular weight excluding hydrogens is 361 g/mol. The number of amides is 3. The summed E-state index contributed by atoms with van der Waals surface area (Å²) >= 11 is 0. The van der Waals surface area contributed by atoms with Crippen molar-refractivity contribution in [2.75, 3.05) is 24.5 Å². The third-order valence-electron chi connectivity index (χ3n) is 4.58. The van der Waals surface area contributed by atoms with Gasteiger partial charge in [-0.3, -0.25) is 9.78 Å². The van der Waals surface area contributed by atoms with Crippen molar-refractivity contribution in [2.24, 2.45) is 0 Å². The number of rotatable bonds is 2. The van der Waals surface area contributed by atoms with Gasteiger partial charge in [0, 0.05) is 12.7 Å². The van der Waals surface area contributed by atoms with Crippen LogP contribution in [0.15, 0.2) is 18.3 Å². The van der Waals surface area contributed by atoms with Gasteiger partial charge in [0.15, 0.2) is 0 Å². The molecular formula is C15H18ClF3N4O2. The van der Waals surface area contributed by atoms with E-state index >= 15 is 0 Å². The van der Waals surface area contributed by atoms with Crippen LogP contribution in [0.4, 0.5) is 23.7 Å². The maximum Gasteiger partial charge on any atom is 0.433 e. The highest BCUT2D eigenvalue weighted by atomic mass is 35.5. The van der Waals surface area contributed by atoms with Gasteiger partial charge in [-0.1, -0.05) is 0 Å². The summed E-state index contributed by atoms with van der Waals surface area (Å²) in [7, 11) is 0. The molecule has 25 heavy (non-hydrogen) atoms. The minimum atomic E-state index is -4.64. The molecule has 10 heteroatoms. The molecule has 2 aliphatic heterocycles. The number of nitrogens with one attached hydrogen (secondary N) is 1. The molecule has 3 rings (SSSR count). The van der Waals surface area contributed by atoms with Crippen LogP contribution in [0.2, 0.25) is 0 Å². The first kappa shape index (κ1) is 19.5. The summed E-state index contributed by atoms with van der Waals surface area (Å²) < 4.78 is 38.6. The zero-order valence-corrected chi connectivity index (χ0v) is 14.3. The molecule has 0 aliphatic carbocycles. The Bertz CT molecular complexity index is 677. The summed E-state index contributed by atoms with van der Waals surface area (Å²) in [6.07, 6.45) is -2.79. The van der Waals surface area contributed by atoms with E-state index in [1.54, 1.807) is 6.92 Å². The van der Waals surface area contributed by atoms with Crippen LogP contribution >= 0.6 is 12.4 Å². The fraction of sp³-hybridized carbons (Fsp3) is 0.533. The fourth-order valence-electron chi connectivity index (χ4n) is 3.42. The Hall–Kier alpha value is -1.87. The van der Waals surface area contributed by atoms with Gasteiger partial charge >= 0.3 is 12.2 Å². The molecule has 2 fully saturated rings. The van der Waals surface area contributed by atoms with Crippen molar-refractivity contribution >= 4 is 30.0 Å². The number of likely N-dealkylation sites (N-methyl/N-ethyl adjacent to an activating group) is 1. The van der Waals surface area contributed by atoms with E-state index < -0.39 is 29.3 Å². The monoisotopic (exact) mass is 378 g/mol. The standard InChI is InChI=1S/C15H17F3N4O2.ClH/c1-2-21-13(24)22(12(23)14(21)4-7-19-8-5-14)10-3-6-20-11(9-10)15(16,17)18;/h3,6,9,19H,2,4-5,7-8H2,1H3;1H. The predicted octanol–water partition coefficient (Wildman–Crippen LogP) is 2.43. The molecule has 0 unspecified atom stereocenters. The highest BCUT2D eigenvalue weighted by molar-refractivity contribution is 6.23. The number of alkyl halides is 3. The Labute approximate surface area is 148 Å². The molecule has 0 bridgehead atoms. The number of carbonyl (C=O) groups is 2. The van der Waals surface area contributed by atoms with Crippen LogP contribution in [0.5, 0.6) is 0 Å². The van der Waals surface area contributed by atoms with Crippen molar-refractivity contribution in [3.8, 4) is 0 Å². The van der Waals surface area contributed by atoms with Crippen molar-refractivity contribution < 1.29 is 22.8 Å². The van der Waals surface area contributed by atoms with E-state index in [-0.39, 0.29) is 18.1 Å². The number of nitrogens with zero attached hydrogens (tertiary/aromatic N) is 3. The molecule has 0 saturated carbocycles. The normalized spacial score (nSPS) is 20.2. The molecule has 0 atom stereocenters. The Kier molecular flexibility index (Phi) is 5.29. The predicted molar refractivity (Wildman–Crippen MR) is 86.6 cm³/mol. The molecule has 0 aromatic carbocycles. The number of aromatic nitrogens is 1. The number of hydrogen-bond acceptors (Lipinski definition) is 4. The maximum absolute atomic E-state index is 13.0. The average molecular weight is 379 g/mol. The summed E-state index contributed by atoms with van der Waals surface area (Å²) in [5, 5.41) is 3.13. The molecule has 1 aromatic rings. The lowest BCUT2D eigenvalue weighted by molar-refractivity contribution is -0.141. The Balaban J connectivity index is 0.00000225. The number of piperidine rings is 1. The largest absolute Gasteiger partial charge is 0.433 e. The molecule has 2 saturated heterocycles. The Morgan fingerprint density at radius 3 is 2.48 bits per heavy atom. The van der Waals surface area contributed by atoms with Gasteiger partial charge in [-0.25, -0.2) is 9.69 Å². The summed E-state index contributed by atoms with van der Waals surface area (Å²) in [6.45, 7) is 3.23. The third-order valence-corrected chi connectivity index (χ3v) is 4.58. The lowest BCUT2D eigenvalue weighted by atomic mass is 9.86. The van der Waals surface area contributed by atoms with Crippen molar-refractivity contribution in [3.05, 3.63) is 24.0 Å². The SMILES string of the molecule is CCN1C(=O)N(c2ccnc(C(F)(F)F)c2)C(=O)C12CCNCC2.Cl. The third kappa shape index (κ3) is 3.06. The first-order chi connectivity index (χ1) is 11.3. The average Bonchev–Trinajstić information content (AvgIpc) is 2.74. The van der Waals surface area contributed by atoms with E-state index in [4.69, 9.17) is 0 Å². The van der Waals surface area contributed by atoms with Gasteiger partial charge in [-0.15, -0.1) is 12.4 Å². The molecule has 3 amide bonds. The highest BCUT2D eigenvalue weighted by Crippen LogP contribution is 2.39.